The lowest BCUT2D eigenvalue weighted by Crippen LogP contribution is -2.07. The van der Waals surface area contributed by atoms with E-state index in [4.69, 9.17) is 23.7 Å². The topological polar surface area (TPSA) is 63.2 Å². The molecule has 0 aromatic heterocycles. The van der Waals surface area contributed by atoms with E-state index in [1.54, 1.807) is 14.2 Å². The summed E-state index contributed by atoms with van der Waals surface area (Å²) in [6.07, 6.45) is 2.54. The maximum absolute atomic E-state index is 12.3. The van der Waals surface area contributed by atoms with Gasteiger partial charge in [-0.15, -0.1) is 0 Å². The Balaban J connectivity index is 1.59. The first-order valence-corrected chi connectivity index (χ1v) is 8.67. The minimum absolute atomic E-state index is 0.0223. The van der Waals surface area contributed by atoms with Gasteiger partial charge in [-0.1, -0.05) is 12.1 Å². The molecule has 0 unspecified atom stereocenters. The number of hydrogen-bond acceptors (Lipinski definition) is 6. The van der Waals surface area contributed by atoms with Gasteiger partial charge in [-0.05, 0) is 47.9 Å². The summed E-state index contributed by atoms with van der Waals surface area (Å²) in [6.45, 7) is 0.612. The molecule has 6 nitrogen and oxygen atoms in total. The summed E-state index contributed by atoms with van der Waals surface area (Å²) in [6, 6.07) is 11.4. The first-order valence-electron chi connectivity index (χ1n) is 8.67. The molecule has 1 fully saturated rings. The Kier molecular flexibility index (Phi) is 4.62. The van der Waals surface area contributed by atoms with Gasteiger partial charge >= 0.3 is 5.97 Å². The number of hydrogen-bond donors (Lipinski definition) is 0. The van der Waals surface area contributed by atoms with E-state index >= 15 is 0 Å². The second-order valence-corrected chi connectivity index (χ2v) is 6.40. The van der Waals surface area contributed by atoms with E-state index in [0.717, 1.165) is 22.6 Å². The molecule has 4 rings (SSSR count). The first kappa shape index (κ1) is 17.3. The van der Waals surface area contributed by atoms with E-state index in [9.17, 15) is 4.79 Å². The fourth-order valence-electron chi connectivity index (χ4n) is 3.34. The maximum atomic E-state index is 12.3. The molecule has 0 N–H and O–H groups in total. The first-order chi connectivity index (χ1) is 13.2. The van der Waals surface area contributed by atoms with Crippen LogP contribution >= 0.6 is 0 Å². The highest BCUT2D eigenvalue weighted by Crippen LogP contribution is 2.35. The van der Waals surface area contributed by atoms with Gasteiger partial charge in [-0.25, -0.2) is 4.79 Å². The van der Waals surface area contributed by atoms with Crippen molar-refractivity contribution in [2.24, 2.45) is 5.92 Å². The number of benzene rings is 2. The van der Waals surface area contributed by atoms with E-state index in [1.165, 1.54) is 0 Å². The number of esters is 1. The monoisotopic (exact) mass is 368 g/mol. The highest BCUT2D eigenvalue weighted by Gasteiger charge is 2.31. The average Bonchev–Trinajstić information content (AvgIpc) is 3.29. The van der Waals surface area contributed by atoms with Gasteiger partial charge in [0.1, 0.15) is 0 Å². The lowest BCUT2D eigenvalue weighted by Gasteiger charge is -2.11. The maximum Gasteiger partial charge on any atom is 0.334 e. The number of rotatable bonds is 5. The van der Waals surface area contributed by atoms with Crippen molar-refractivity contribution in [3.05, 3.63) is 53.1 Å². The zero-order valence-electron chi connectivity index (χ0n) is 15.2. The Morgan fingerprint density at radius 1 is 1.00 bits per heavy atom. The van der Waals surface area contributed by atoms with Crippen LogP contribution in [0, 0.1) is 5.92 Å². The van der Waals surface area contributed by atoms with Gasteiger partial charge in [0.15, 0.2) is 23.0 Å². The van der Waals surface area contributed by atoms with Crippen molar-refractivity contribution in [3.63, 3.8) is 0 Å². The molecule has 2 aliphatic heterocycles. The number of carbonyl (C=O) groups is 1. The summed E-state index contributed by atoms with van der Waals surface area (Å²) >= 11 is 0. The summed E-state index contributed by atoms with van der Waals surface area (Å²) in [7, 11) is 3.17. The van der Waals surface area contributed by atoms with Crippen molar-refractivity contribution in [2.75, 3.05) is 27.6 Å². The van der Waals surface area contributed by atoms with Crippen LogP contribution in [-0.2, 0) is 16.0 Å². The fourth-order valence-corrected chi connectivity index (χ4v) is 3.34. The molecule has 0 amide bonds. The Hall–Kier alpha value is -3.15. The lowest BCUT2D eigenvalue weighted by molar-refractivity contribution is -0.135. The number of methoxy groups -OCH3 is 2. The van der Waals surface area contributed by atoms with E-state index in [0.29, 0.717) is 30.1 Å². The second kappa shape index (κ2) is 7.23. The van der Waals surface area contributed by atoms with Crippen molar-refractivity contribution < 1.29 is 28.5 Å². The molecule has 0 bridgehead atoms. The van der Waals surface area contributed by atoms with Gasteiger partial charge in [-0.2, -0.15) is 0 Å². The third-order valence-electron chi connectivity index (χ3n) is 4.74. The summed E-state index contributed by atoms with van der Waals surface area (Å²) < 4.78 is 26.7. The zero-order chi connectivity index (χ0) is 18.8. The Labute approximate surface area is 157 Å². The SMILES string of the molecule is COc1ccc(C=C2C(=O)OC[C@H]2Cc2ccc3c(c2)OCO3)cc1OC. The van der Waals surface area contributed by atoms with E-state index in [-0.39, 0.29) is 18.7 Å². The van der Waals surface area contributed by atoms with E-state index < -0.39 is 0 Å². The molecule has 0 spiro atoms. The van der Waals surface area contributed by atoms with E-state index in [2.05, 4.69) is 0 Å². The van der Waals surface area contributed by atoms with Gasteiger partial charge in [0.2, 0.25) is 6.79 Å². The van der Waals surface area contributed by atoms with Crippen molar-refractivity contribution in [1.29, 1.82) is 0 Å². The zero-order valence-corrected chi connectivity index (χ0v) is 15.2. The Morgan fingerprint density at radius 3 is 2.63 bits per heavy atom. The molecular weight excluding hydrogens is 348 g/mol. The van der Waals surface area contributed by atoms with Crippen molar-refractivity contribution >= 4 is 12.0 Å². The number of ether oxygens (including phenoxy) is 5. The molecule has 0 aliphatic carbocycles. The van der Waals surface area contributed by atoms with Gasteiger partial charge in [0, 0.05) is 11.5 Å². The standard InChI is InChI=1S/C21H20O6/c1-23-17-5-3-14(9-19(17)24-2)8-16-15(11-25-21(16)22)7-13-4-6-18-20(10-13)27-12-26-18/h3-6,8-10,15H,7,11-12H2,1-2H3/t15-/m1/s1. The third kappa shape index (κ3) is 3.43. The molecular formula is C21H20O6. The van der Waals surface area contributed by atoms with Crippen molar-refractivity contribution in [3.8, 4) is 23.0 Å². The summed E-state index contributed by atoms with van der Waals surface area (Å²) in [5.41, 5.74) is 2.58. The van der Waals surface area contributed by atoms with Crippen LogP contribution in [0.5, 0.6) is 23.0 Å². The van der Waals surface area contributed by atoms with E-state index in [1.807, 2.05) is 42.5 Å². The van der Waals surface area contributed by atoms with Crippen LogP contribution in [0.4, 0.5) is 0 Å². The van der Waals surface area contributed by atoms with Crippen LogP contribution in [0.25, 0.3) is 6.08 Å². The predicted molar refractivity (Wildman–Crippen MR) is 98.2 cm³/mol. The Morgan fingerprint density at radius 2 is 1.81 bits per heavy atom. The van der Waals surface area contributed by atoms with Crippen LogP contribution < -0.4 is 18.9 Å². The lowest BCUT2D eigenvalue weighted by atomic mass is 9.92. The fraction of sp³-hybridized carbons (Fsp3) is 0.286. The molecule has 6 heteroatoms. The molecule has 1 saturated heterocycles. The number of cyclic esters (lactones) is 1. The van der Waals surface area contributed by atoms with Crippen molar-refractivity contribution in [2.45, 2.75) is 6.42 Å². The highest BCUT2D eigenvalue weighted by atomic mass is 16.7. The average molecular weight is 368 g/mol. The quantitative estimate of drug-likeness (QED) is 0.596. The van der Waals surface area contributed by atoms with Crippen LogP contribution in [-0.4, -0.2) is 33.6 Å². The summed E-state index contributed by atoms with van der Waals surface area (Å²) in [4.78, 5) is 12.3. The predicted octanol–water partition coefficient (Wildman–Crippen LogP) is 3.23. The summed E-state index contributed by atoms with van der Waals surface area (Å²) in [5.74, 6) is 2.44. The molecule has 2 aliphatic rings. The van der Waals surface area contributed by atoms with Gasteiger partial charge in [0.25, 0.3) is 0 Å². The molecule has 2 aromatic rings. The van der Waals surface area contributed by atoms with Crippen LogP contribution in [0.3, 0.4) is 0 Å². The molecule has 0 saturated carbocycles. The van der Waals surface area contributed by atoms with Crippen LogP contribution in [0.15, 0.2) is 42.0 Å². The van der Waals surface area contributed by atoms with Crippen molar-refractivity contribution in [1.82, 2.24) is 0 Å². The van der Waals surface area contributed by atoms with Gasteiger partial charge in [0.05, 0.1) is 20.8 Å². The Bertz CT molecular complexity index is 902. The number of carbonyl (C=O) groups excluding carboxylic acids is 1. The largest absolute Gasteiger partial charge is 0.493 e. The minimum atomic E-state index is -0.282. The highest BCUT2D eigenvalue weighted by molar-refractivity contribution is 5.96. The molecule has 27 heavy (non-hydrogen) atoms. The molecule has 2 heterocycles. The van der Waals surface area contributed by atoms with Gasteiger partial charge in [-0.3, -0.25) is 0 Å². The molecule has 2 aromatic carbocycles. The van der Waals surface area contributed by atoms with Crippen LogP contribution in [0.1, 0.15) is 11.1 Å². The molecule has 1 atom stereocenters. The smallest absolute Gasteiger partial charge is 0.334 e. The molecule has 140 valence electrons. The minimum Gasteiger partial charge on any atom is -0.493 e. The third-order valence-corrected chi connectivity index (χ3v) is 4.74. The summed E-state index contributed by atoms with van der Waals surface area (Å²) in [5, 5.41) is 0. The second-order valence-electron chi connectivity index (χ2n) is 6.40. The van der Waals surface area contributed by atoms with Crippen LogP contribution in [0.2, 0.25) is 0 Å². The van der Waals surface area contributed by atoms with Gasteiger partial charge < -0.3 is 23.7 Å². The number of fused-ring (bicyclic) bond motifs is 1. The normalized spacial score (nSPS) is 19.3. The molecule has 0 radical (unpaired) electrons.